The fraction of sp³-hybridized carbons (Fsp3) is 0.385. The number of carbonyl (C=O) groups is 2. The summed E-state index contributed by atoms with van der Waals surface area (Å²) in [4.78, 5) is 22.5. The lowest BCUT2D eigenvalue weighted by atomic mass is 10.0. The van der Waals surface area contributed by atoms with E-state index in [0.717, 1.165) is 11.3 Å². The molecule has 1 aromatic carbocycles. The Hall–Kier alpha value is -2.04. The van der Waals surface area contributed by atoms with Gasteiger partial charge in [0.1, 0.15) is 5.75 Å². The molecule has 0 spiro atoms. The second-order valence-corrected chi connectivity index (χ2v) is 4.51. The van der Waals surface area contributed by atoms with Crippen molar-refractivity contribution in [1.29, 1.82) is 0 Å². The molecule has 2 N–H and O–H groups in total. The Bertz CT molecular complexity index is 438. The standard InChI is InChI=1S/C13H16N2O3/c1-8(2)18-10-5-3-9(4-6-10)11-7-12(16)15-13(17)14-11/h3-6,8,11H,7H2,1-2H3,(H2,14,15,16,17). The van der Waals surface area contributed by atoms with Crippen LogP contribution in [0.25, 0.3) is 0 Å². The molecule has 1 aliphatic heterocycles. The van der Waals surface area contributed by atoms with Crippen molar-refractivity contribution in [3.8, 4) is 5.75 Å². The number of urea groups is 1. The summed E-state index contributed by atoms with van der Waals surface area (Å²) in [6, 6.07) is 6.70. The lowest BCUT2D eigenvalue weighted by molar-refractivity contribution is -0.121. The first kappa shape index (κ1) is 12.4. The van der Waals surface area contributed by atoms with Crippen molar-refractivity contribution in [3.63, 3.8) is 0 Å². The molecule has 0 bridgehead atoms. The van der Waals surface area contributed by atoms with Crippen molar-refractivity contribution >= 4 is 11.9 Å². The van der Waals surface area contributed by atoms with Crippen LogP contribution in [0.1, 0.15) is 31.9 Å². The third-order valence-electron chi connectivity index (χ3n) is 2.60. The summed E-state index contributed by atoms with van der Waals surface area (Å²) in [6.07, 6.45) is 0.381. The molecule has 96 valence electrons. The van der Waals surface area contributed by atoms with Gasteiger partial charge in [-0.15, -0.1) is 0 Å². The quantitative estimate of drug-likeness (QED) is 0.856. The van der Waals surface area contributed by atoms with Crippen molar-refractivity contribution in [3.05, 3.63) is 29.8 Å². The lowest BCUT2D eigenvalue weighted by Gasteiger charge is -2.23. The van der Waals surface area contributed by atoms with E-state index in [1.54, 1.807) is 0 Å². The number of hydrogen-bond acceptors (Lipinski definition) is 3. The fourth-order valence-electron chi connectivity index (χ4n) is 1.86. The number of carbonyl (C=O) groups excluding carboxylic acids is 2. The highest BCUT2D eigenvalue weighted by molar-refractivity contribution is 5.97. The molecular formula is C13H16N2O3. The zero-order valence-corrected chi connectivity index (χ0v) is 10.4. The summed E-state index contributed by atoms with van der Waals surface area (Å²) in [5.41, 5.74) is 0.898. The minimum Gasteiger partial charge on any atom is -0.491 e. The van der Waals surface area contributed by atoms with Gasteiger partial charge in [0.2, 0.25) is 5.91 Å². The lowest BCUT2D eigenvalue weighted by Crippen LogP contribution is -2.48. The summed E-state index contributed by atoms with van der Waals surface area (Å²) in [7, 11) is 0. The highest BCUT2D eigenvalue weighted by atomic mass is 16.5. The SMILES string of the molecule is CC(C)Oc1ccc(C2CC(=O)NC(=O)N2)cc1. The van der Waals surface area contributed by atoms with Gasteiger partial charge in [0.15, 0.2) is 0 Å². The zero-order chi connectivity index (χ0) is 13.1. The highest BCUT2D eigenvalue weighted by Gasteiger charge is 2.24. The molecule has 0 aliphatic carbocycles. The Morgan fingerprint density at radius 1 is 1.22 bits per heavy atom. The number of amides is 3. The molecule has 1 fully saturated rings. The van der Waals surface area contributed by atoms with E-state index in [0.29, 0.717) is 0 Å². The topological polar surface area (TPSA) is 67.4 Å². The first-order valence-corrected chi connectivity index (χ1v) is 5.91. The van der Waals surface area contributed by atoms with Crippen LogP contribution in [0.5, 0.6) is 5.75 Å². The monoisotopic (exact) mass is 248 g/mol. The average Bonchev–Trinajstić information content (AvgIpc) is 2.27. The summed E-state index contributed by atoms with van der Waals surface area (Å²) in [5.74, 6) is 0.520. The first-order valence-electron chi connectivity index (χ1n) is 5.91. The predicted molar refractivity (Wildman–Crippen MR) is 66.2 cm³/mol. The normalized spacial score (nSPS) is 19.4. The Morgan fingerprint density at radius 3 is 2.44 bits per heavy atom. The first-order chi connectivity index (χ1) is 8.54. The van der Waals surface area contributed by atoms with Crippen molar-refractivity contribution in [2.24, 2.45) is 0 Å². The molecule has 0 aromatic heterocycles. The van der Waals surface area contributed by atoms with Gasteiger partial charge in [0.05, 0.1) is 18.6 Å². The molecular weight excluding hydrogens is 232 g/mol. The summed E-state index contributed by atoms with van der Waals surface area (Å²) in [5, 5.41) is 4.91. The van der Waals surface area contributed by atoms with Gasteiger partial charge < -0.3 is 10.1 Å². The molecule has 1 saturated heterocycles. The van der Waals surface area contributed by atoms with Crippen LogP contribution >= 0.6 is 0 Å². The van der Waals surface area contributed by atoms with Crippen LogP contribution in [0.2, 0.25) is 0 Å². The Morgan fingerprint density at radius 2 is 1.89 bits per heavy atom. The molecule has 1 aromatic rings. The highest BCUT2D eigenvalue weighted by Crippen LogP contribution is 2.22. The van der Waals surface area contributed by atoms with Crippen LogP contribution < -0.4 is 15.4 Å². The van der Waals surface area contributed by atoms with E-state index in [1.165, 1.54) is 0 Å². The molecule has 0 radical (unpaired) electrons. The van der Waals surface area contributed by atoms with Gasteiger partial charge in [0.25, 0.3) is 0 Å². The summed E-state index contributed by atoms with van der Waals surface area (Å²) < 4.78 is 5.53. The smallest absolute Gasteiger partial charge is 0.321 e. The molecule has 1 unspecified atom stereocenters. The van der Waals surface area contributed by atoms with Crippen LogP contribution in [-0.4, -0.2) is 18.0 Å². The van der Waals surface area contributed by atoms with Crippen LogP contribution in [0.3, 0.4) is 0 Å². The Kier molecular flexibility index (Phi) is 3.50. The number of ether oxygens (including phenoxy) is 1. The van der Waals surface area contributed by atoms with Gasteiger partial charge in [-0.25, -0.2) is 4.79 Å². The molecule has 18 heavy (non-hydrogen) atoms. The van der Waals surface area contributed by atoms with Crippen LogP contribution in [0, 0.1) is 0 Å². The maximum Gasteiger partial charge on any atom is 0.321 e. The van der Waals surface area contributed by atoms with Crippen LogP contribution in [-0.2, 0) is 4.79 Å². The summed E-state index contributed by atoms with van der Waals surface area (Å²) in [6.45, 7) is 3.92. The fourth-order valence-corrected chi connectivity index (χ4v) is 1.86. The molecule has 5 nitrogen and oxygen atoms in total. The van der Waals surface area contributed by atoms with E-state index in [-0.39, 0.29) is 24.5 Å². The molecule has 1 heterocycles. The minimum absolute atomic E-state index is 0.121. The third-order valence-corrected chi connectivity index (χ3v) is 2.60. The van der Waals surface area contributed by atoms with Crippen LogP contribution in [0.15, 0.2) is 24.3 Å². The van der Waals surface area contributed by atoms with Crippen LogP contribution in [0.4, 0.5) is 4.79 Å². The van der Waals surface area contributed by atoms with E-state index in [2.05, 4.69) is 10.6 Å². The molecule has 1 atom stereocenters. The third kappa shape index (κ3) is 3.00. The number of benzene rings is 1. The van der Waals surface area contributed by atoms with Crippen molar-refractivity contribution in [2.45, 2.75) is 32.4 Å². The van der Waals surface area contributed by atoms with Gasteiger partial charge in [-0.2, -0.15) is 0 Å². The van der Waals surface area contributed by atoms with Gasteiger partial charge in [-0.1, -0.05) is 12.1 Å². The van der Waals surface area contributed by atoms with E-state index >= 15 is 0 Å². The van der Waals surface area contributed by atoms with Crippen molar-refractivity contribution < 1.29 is 14.3 Å². The van der Waals surface area contributed by atoms with E-state index in [9.17, 15) is 9.59 Å². The largest absolute Gasteiger partial charge is 0.491 e. The number of hydrogen-bond donors (Lipinski definition) is 2. The van der Waals surface area contributed by atoms with Gasteiger partial charge >= 0.3 is 6.03 Å². The van der Waals surface area contributed by atoms with E-state index in [1.807, 2.05) is 38.1 Å². The minimum atomic E-state index is -0.446. The maximum absolute atomic E-state index is 11.3. The van der Waals surface area contributed by atoms with E-state index < -0.39 is 6.03 Å². The maximum atomic E-state index is 11.3. The Labute approximate surface area is 106 Å². The number of rotatable bonds is 3. The van der Waals surface area contributed by atoms with Crippen molar-refractivity contribution in [1.82, 2.24) is 10.6 Å². The second-order valence-electron chi connectivity index (χ2n) is 4.51. The Balaban J connectivity index is 2.09. The molecule has 0 saturated carbocycles. The molecule has 5 heteroatoms. The van der Waals surface area contributed by atoms with Crippen molar-refractivity contribution in [2.75, 3.05) is 0 Å². The zero-order valence-electron chi connectivity index (χ0n) is 10.4. The molecule has 1 aliphatic rings. The summed E-state index contributed by atoms with van der Waals surface area (Å²) >= 11 is 0. The average molecular weight is 248 g/mol. The van der Waals surface area contributed by atoms with E-state index in [4.69, 9.17) is 4.74 Å². The second kappa shape index (κ2) is 5.08. The van der Waals surface area contributed by atoms with Gasteiger partial charge in [0, 0.05) is 0 Å². The number of nitrogens with one attached hydrogen (secondary N) is 2. The predicted octanol–water partition coefficient (Wildman–Crippen LogP) is 1.74. The number of imide groups is 1. The van der Waals surface area contributed by atoms with Gasteiger partial charge in [-0.3, -0.25) is 10.1 Å². The molecule has 3 amide bonds. The molecule has 2 rings (SSSR count). The van der Waals surface area contributed by atoms with Gasteiger partial charge in [-0.05, 0) is 31.5 Å².